The van der Waals surface area contributed by atoms with Gasteiger partial charge in [0.15, 0.2) is 0 Å². The molecule has 0 bridgehead atoms. The van der Waals surface area contributed by atoms with Crippen molar-refractivity contribution in [1.29, 1.82) is 0 Å². The van der Waals surface area contributed by atoms with Crippen LogP contribution in [0.1, 0.15) is 39.3 Å². The zero-order valence-corrected chi connectivity index (χ0v) is 12.7. The summed E-state index contributed by atoms with van der Waals surface area (Å²) < 4.78 is 5.45. The quantitative estimate of drug-likeness (QED) is 0.772. The molecule has 2 unspecified atom stereocenters. The normalized spacial score (nSPS) is 14.2. The van der Waals surface area contributed by atoms with Crippen LogP contribution in [0.25, 0.3) is 0 Å². The van der Waals surface area contributed by atoms with Crippen LogP contribution in [0.15, 0.2) is 24.3 Å². The molecule has 1 aromatic carbocycles. The lowest BCUT2D eigenvalue weighted by Gasteiger charge is -2.20. The number of hydrogen-bond donors (Lipinski definition) is 1. The molecule has 0 fully saturated rings. The van der Waals surface area contributed by atoms with Crippen molar-refractivity contribution in [2.75, 3.05) is 18.1 Å². The minimum Gasteiger partial charge on any atom is -0.494 e. The highest BCUT2D eigenvalue weighted by Crippen LogP contribution is 2.18. The molecule has 1 rings (SSSR count). The third-order valence-electron chi connectivity index (χ3n) is 2.80. The number of hydrogen-bond acceptors (Lipinski definition) is 3. The summed E-state index contributed by atoms with van der Waals surface area (Å²) in [6.07, 6.45) is 0. The van der Waals surface area contributed by atoms with Gasteiger partial charge in [0.05, 0.1) is 6.61 Å². The Labute approximate surface area is 116 Å². The van der Waals surface area contributed by atoms with Gasteiger partial charge in [-0.25, -0.2) is 0 Å². The van der Waals surface area contributed by atoms with Gasteiger partial charge in [0.1, 0.15) is 5.75 Å². The highest BCUT2D eigenvalue weighted by atomic mass is 32.2. The van der Waals surface area contributed by atoms with Crippen molar-refractivity contribution < 1.29 is 4.74 Å². The molecule has 0 aromatic heterocycles. The molecule has 0 spiro atoms. The standard InChI is InChI=1S/C15H25NOS/c1-5-17-15-9-7-14(8-10-15)13(4)16-12(3)11-18-6-2/h7-10,12-13,16H,5-6,11H2,1-4H3. The van der Waals surface area contributed by atoms with Gasteiger partial charge in [-0.15, -0.1) is 0 Å². The lowest BCUT2D eigenvalue weighted by Crippen LogP contribution is -2.30. The van der Waals surface area contributed by atoms with E-state index >= 15 is 0 Å². The van der Waals surface area contributed by atoms with Crippen LogP contribution in [0.2, 0.25) is 0 Å². The van der Waals surface area contributed by atoms with Crippen LogP contribution in [0.3, 0.4) is 0 Å². The largest absolute Gasteiger partial charge is 0.494 e. The summed E-state index contributed by atoms with van der Waals surface area (Å²) in [7, 11) is 0. The molecule has 18 heavy (non-hydrogen) atoms. The molecular weight excluding hydrogens is 242 g/mol. The van der Waals surface area contributed by atoms with Gasteiger partial charge in [-0.1, -0.05) is 19.1 Å². The van der Waals surface area contributed by atoms with Crippen molar-refractivity contribution in [2.45, 2.75) is 39.8 Å². The second kappa shape index (κ2) is 8.44. The Morgan fingerprint density at radius 1 is 1.17 bits per heavy atom. The molecule has 0 aliphatic rings. The van der Waals surface area contributed by atoms with E-state index in [4.69, 9.17) is 4.74 Å². The molecular formula is C15H25NOS. The van der Waals surface area contributed by atoms with Gasteiger partial charge in [-0.2, -0.15) is 11.8 Å². The smallest absolute Gasteiger partial charge is 0.119 e. The molecule has 0 amide bonds. The SMILES string of the molecule is CCOc1ccc(C(C)NC(C)CSCC)cc1. The van der Waals surface area contributed by atoms with Crippen LogP contribution in [0.4, 0.5) is 0 Å². The summed E-state index contributed by atoms with van der Waals surface area (Å²) in [4.78, 5) is 0. The molecule has 0 heterocycles. The summed E-state index contributed by atoms with van der Waals surface area (Å²) in [6, 6.07) is 9.29. The maximum Gasteiger partial charge on any atom is 0.119 e. The van der Waals surface area contributed by atoms with E-state index in [9.17, 15) is 0 Å². The van der Waals surface area contributed by atoms with E-state index in [1.807, 2.05) is 30.8 Å². The van der Waals surface area contributed by atoms with Crippen molar-refractivity contribution in [3.05, 3.63) is 29.8 Å². The van der Waals surface area contributed by atoms with Crippen LogP contribution < -0.4 is 10.1 Å². The highest BCUT2D eigenvalue weighted by Gasteiger charge is 2.09. The fourth-order valence-electron chi connectivity index (χ4n) is 1.89. The first-order chi connectivity index (χ1) is 8.67. The fraction of sp³-hybridized carbons (Fsp3) is 0.600. The molecule has 2 nitrogen and oxygen atoms in total. The molecule has 0 aliphatic carbocycles. The summed E-state index contributed by atoms with van der Waals surface area (Å²) in [6.45, 7) is 9.38. The molecule has 2 atom stereocenters. The molecule has 3 heteroatoms. The molecule has 102 valence electrons. The Balaban J connectivity index is 2.47. The minimum absolute atomic E-state index is 0.383. The van der Waals surface area contributed by atoms with E-state index in [1.165, 1.54) is 11.3 Å². The number of thioether (sulfide) groups is 1. The van der Waals surface area contributed by atoms with Gasteiger partial charge in [0.25, 0.3) is 0 Å². The Bertz CT molecular complexity index is 326. The van der Waals surface area contributed by atoms with Crippen molar-refractivity contribution in [2.24, 2.45) is 0 Å². The van der Waals surface area contributed by atoms with Gasteiger partial charge >= 0.3 is 0 Å². The van der Waals surface area contributed by atoms with Crippen molar-refractivity contribution in [3.8, 4) is 5.75 Å². The predicted octanol–water partition coefficient (Wildman–Crippen LogP) is 3.88. The average Bonchev–Trinajstić information content (AvgIpc) is 2.37. The Hall–Kier alpha value is -0.670. The second-order valence-corrected chi connectivity index (χ2v) is 5.77. The van der Waals surface area contributed by atoms with Gasteiger partial charge < -0.3 is 10.1 Å². The second-order valence-electron chi connectivity index (χ2n) is 4.45. The van der Waals surface area contributed by atoms with Crippen molar-refractivity contribution in [1.82, 2.24) is 5.32 Å². The van der Waals surface area contributed by atoms with E-state index < -0.39 is 0 Å². The molecule has 0 aliphatic heterocycles. The third kappa shape index (κ3) is 5.32. The highest BCUT2D eigenvalue weighted by molar-refractivity contribution is 7.99. The monoisotopic (exact) mass is 267 g/mol. The van der Waals surface area contributed by atoms with Crippen LogP contribution >= 0.6 is 11.8 Å². The lowest BCUT2D eigenvalue weighted by molar-refractivity contribution is 0.340. The maximum absolute atomic E-state index is 5.45. The minimum atomic E-state index is 0.383. The molecule has 0 saturated heterocycles. The van der Waals surface area contributed by atoms with E-state index in [0.717, 1.165) is 18.1 Å². The Morgan fingerprint density at radius 3 is 2.39 bits per heavy atom. The van der Waals surface area contributed by atoms with Gasteiger partial charge in [-0.3, -0.25) is 0 Å². The van der Waals surface area contributed by atoms with Crippen LogP contribution in [0, 0.1) is 0 Å². The number of benzene rings is 1. The maximum atomic E-state index is 5.45. The zero-order chi connectivity index (χ0) is 13.4. The molecule has 0 radical (unpaired) electrons. The summed E-state index contributed by atoms with van der Waals surface area (Å²) in [5, 5.41) is 3.62. The molecule has 1 aromatic rings. The summed E-state index contributed by atoms with van der Waals surface area (Å²) in [5.74, 6) is 3.30. The number of nitrogens with one attached hydrogen (secondary N) is 1. The summed E-state index contributed by atoms with van der Waals surface area (Å²) in [5.41, 5.74) is 1.31. The van der Waals surface area contributed by atoms with E-state index in [-0.39, 0.29) is 0 Å². The summed E-state index contributed by atoms with van der Waals surface area (Å²) >= 11 is 1.98. The molecule has 0 saturated carbocycles. The van der Waals surface area contributed by atoms with Crippen LogP contribution in [0.5, 0.6) is 5.75 Å². The van der Waals surface area contributed by atoms with Gasteiger partial charge in [0, 0.05) is 17.8 Å². The Kier molecular flexibility index (Phi) is 7.21. The topological polar surface area (TPSA) is 21.3 Å². The van der Waals surface area contributed by atoms with E-state index in [1.54, 1.807) is 0 Å². The fourth-order valence-corrected chi connectivity index (χ4v) is 2.57. The first-order valence-corrected chi connectivity index (χ1v) is 7.89. The molecule has 1 N–H and O–H groups in total. The predicted molar refractivity (Wildman–Crippen MR) is 81.6 cm³/mol. The number of ether oxygens (including phenoxy) is 1. The van der Waals surface area contributed by atoms with Crippen LogP contribution in [-0.2, 0) is 0 Å². The number of rotatable bonds is 8. The first-order valence-electron chi connectivity index (χ1n) is 6.73. The van der Waals surface area contributed by atoms with Crippen molar-refractivity contribution >= 4 is 11.8 Å². The van der Waals surface area contributed by atoms with E-state index in [0.29, 0.717) is 12.1 Å². The first kappa shape index (κ1) is 15.4. The zero-order valence-electron chi connectivity index (χ0n) is 11.9. The third-order valence-corrected chi connectivity index (χ3v) is 3.94. The van der Waals surface area contributed by atoms with E-state index in [2.05, 4.69) is 38.2 Å². The van der Waals surface area contributed by atoms with Gasteiger partial charge in [0.2, 0.25) is 0 Å². The average molecular weight is 267 g/mol. The lowest BCUT2D eigenvalue weighted by atomic mass is 10.1. The van der Waals surface area contributed by atoms with Crippen LogP contribution in [-0.4, -0.2) is 24.2 Å². The van der Waals surface area contributed by atoms with Crippen molar-refractivity contribution in [3.63, 3.8) is 0 Å². The Morgan fingerprint density at radius 2 is 1.83 bits per heavy atom. The van der Waals surface area contributed by atoms with Gasteiger partial charge in [-0.05, 0) is 44.2 Å².